The van der Waals surface area contributed by atoms with Crippen molar-refractivity contribution in [2.45, 2.75) is 26.2 Å². The van der Waals surface area contributed by atoms with Crippen molar-refractivity contribution in [3.63, 3.8) is 0 Å². The SMILES string of the molecule is CCCCc1ccc(C(=O)Nc2cccnc2)cc1. The first-order valence-corrected chi connectivity index (χ1v) is 6.60. The lowest BCUT2D eigenvalue weighted by Gasteiger charge is -2.05. The first-order chi connectivity index (χ1) is 9.29. The summed E-state index contributed by atoms with van der Waals surface area (Å²) in [6, 6.07) is 11.4. The smallest absolute Gasteiger partial charge is 0.255 e. The van der Waals surface area contributed by atoms with Gasteiger partial charge in [0.2, 0.25) is 0 Å². The standard InChI is InChI=1S/C16H18N2O/c1-2-3-5-13-7-9-14(10-8-13)16(19)18-15-6-4-11-17-12-15/h4,6-12H,2-3,5H2,1H3,(H,18,19). The summed E-state index contributed by atoms with van der Waals surface area (Å²) in [6.07, 6.45) is 6.75. The summed E-state index contributed by atoms with van der Waals surface area (Å²) < 4.78 is 0. The number of amides is 1. The molecular formula is C16H18N2O. The summed E-state index contributed by atoms with van der Waals surface area (Å²) >= 11 is 0. The van der Waals surface area contributed by atoms with E-state index >= 15 is 0 Å². The number of rotatable bonds is 5. The van der Waals surface area contributed by atoms with Gasteiger partial charge in [0.05, 0.1) is 11.9 Å². The fourth-order valence-electron chi connectivity index (χ4n) is 1.84. The lowest BCUT2D eigenvalue weighted by Crippen LogP contribution is -2.11. The highest BCUT2D eigenvalue weighted by molar-refractivity contribution is 6.04. The van der Waals surface area contributed by atoms with Gasteiger partial charge in [-0.25, -0.2) is 0 Å². The number of nitrogens with zero attached hydrogens (tertiary/aromatic N) is 1. The number of hydrogen-bond acceptors (Lipinski definition) is 2. The molecule has 0 fully saturated rings. The van der Waals surface area contributed by atoms with Crippen molar-refractivity contribution in [3.05, 3.63) is 59.9 Å². The van der Waals surface area contributed by atoms with Crippen molar-refractivity contribution >= 4 is 11.6 Å². The Balaban J connectivity index is 1.99. The van der Waals surface area contributed by atoms with Crippen molar-refractivity contribution in [3.8, 4) is 0 Å². The molecule has 0 atom stereocenters. The number of pyridine rings is 1. The lowest BCUT2D eigenvalue weighted by molar-refractivity contribution is 0.102. The topological polar surface area (TPSA) is 42.0 Å². The average molecular weight is 254 g/mol. The summed E-state index contributed by atoms with van der Waals surface area (Å²) in [5.41, 5.74) is 2.66. The highest BCUT2D eigenvalue weighted by Crippen LogP contribution is 2.10. The van der Waals surface area contributed by atoms with Gasteiger partial charge >= 0.3 is 0 Å². The van der Waals surface area contributed by atoms with Crippen LogP contribution in [-0.2, 0) is 6.42 Å². The molecule has 1 heterocycles. The number of carbonyl (C=O) groups excluding carboxylic acids is 1. The summed E-state index contributed by atoms with van der Waals surface area (Å²) in [5.74, 6) is -0.102. The van der Waals surface area contributed by atoms with Gasteiger partial charge < -0.3 is 5.32 Å². The molecule has 0 aliphatic carbocycles. The number of aromatic nitrogens is 1. The molecule has 0 saturated heterocycles. The van der Waals surface area contributed by atoms with Crippen LogP contribution in [0.3, 0.4) is 0 Å². The van der Waals surface area contributed by atoms with Crippen molar-refractivity contribution in [1.82, 2.24) is 4.98 Å². The first-order valence-electron chi connectivity index (χ1n) is 6.60. The van der Waals surface area contributed by atoms with Crippen molar-refractivity contribution in [2.75, 3.05) is 5.32 Å². The largest absolute Gasteiger partial charge is 0.321 e. The Bertz CT molecular complexity index is 520. The predicted molar refractivity (Wildman–Crippen MR) is 77.2 cm³/mol. The average Bonchev–Trinajstić information content (AvgIpc) is 2.46. The minimum absolute atomic E-state index is 0.102. The van der Waals surface area contributed by atoms with Gasteiger partial charge in [-0.15, -0.1) is 0 Å². The van der Waals surface area contributed by atoms with Crippen LogP contribution in [0.1, 0.15) is 35.7 Å². The Labute approximate surface area is 113 Å². The Morgan fingerprint density at radius 2 is 2.00 bits per heavy atom. The molecule has 0 aliphatic rings. The van der Waals surface area contributed by atoms with E-state index in [1.165, 1.54) is 18.4 Å². The van der Waals surface area contributed by atoms with Crippen LogP contribution < -0.4 is 5.32 Å². The van der Waals surface area contributed by atoms with Gasteiger partial charge in [0.1, 0.15) is 0 Å². The minimum Gasteiger partial charge on any atom is -0.321 e. The first kappa shape index (κ1) is 13.3. The highest BCUT2D eigenvalue weighted by atomic mass is 16.1. The normalized spacial score (nSPS) is 10.2. The molecular weight excluding hydrogens is 236 g/mol. The number of benzene rings is 1. The molecule has 0 saturated carbocycles. The van der Waals surface area contributed by atoms with E-state index in [-0.39, 0.29) is 5.91 Å². The zero-order chi connectivity index (χ0) is 13.5. The summed E-state index contributed by atoms with van der Waals surface area (Å²) in [7, 11) is 0. The van der Waals surface area contributed by atoms with Gasteiger partial charge in [-0.3, -0.25) is 9.78 Å². The Morgan fingerprint density at radius 3 is 2.63 bits per heavy atom. The predicted octanol–water partition coefficient (Wildman–Crippen LogP) is 3.68. The van der Waals surface area contributed by atoms with Gasteiger partial charge in [0.15, 0.2) is 0 Å². The van der Waals surface area contributed by atoms with Crippen LogP contribution in [0, 0.1) is 0 Å². The second-order valence-corrected chi connectivity index (χ2v) is 4.50. The molecule has 0 unspecified atom stereocenters. The van der Waals surface area contributed by atoms with E-state index in [9.17, 15) is 4.79 Å². The lowest BCUT2D eigenvalue weighted by atomic mass is 10.1. The molecule has 1 N–H and O–H groups in total. The highest BCUT2D eigenvalue weighted by Gasteiger charge is 2.05. The molecule has 0 spiro atoms. The Morgan fingerprint density at radius 1 is 1.21 bits per heavy atom. The van der Waals surface area contributed by atoms with Gasteiger partial charge in [0.25, 0.3) is 5.91 Å². The van der Waals surface area contributed by atoms with Crippen molar-refractivity contribution in [2.24, 2.45) is 0 Å². The third-order valence-corrected chi connectivity index (χ3v) is 2.95. The molecule has 1 amide bonds. The second kappa shape index (κ2) is 6.69. The van der Waals surface area contributed by atoms with Crippen LogP contribution in [0.25, 0.3) is 0 Å². The van der Waals surface area contributed by atoms with Crippen LogP contribution in [0.5, 0.6) is 0 Å². The number of unbranched alkanes of at least 4 members (excludes halogenated alkanes) is 1. The number of hydrogen-bond donors (Lipinski definition) is 1. The van der Waals surface area contributed by atoms with E-state index in [1.807, 2.05) is 30.3 Å². The maximum absolute atomic E-state index is 12.0. The van der Waals surface area contributed by atoms with E-state index in [4.69, 9.17) is 0 Å². The van der Waals surface area contributed by atoms with Gasteiger partial charge in [-0.05, 0) is 42.7 Å². The van der Waals surface area contributed by atoms with Gasteiger partial charge in [-0.2, -0.15) is 0 Å². The van der Waals surface area contributed by atoms with Crippen molar-refractivity contribution < 1.29 is 4.79 Å². The third-order valence-electron chi connectivity index (χ3n) is 2.95. The zero-order valence-corrected chi connectivity index (χ0v) is 11.1. The molecule has 98 valence electrons. The second-order valence-electron chi connectivity index (χ2n) is 4.50. The molecule has 1 aromatic heterocycles. The Kier molecular flexibility index (Phi) is 4.67. The van der Waals surface area contributed by atoms with E-state index in [2.05, 4.69) is 17.2 Å². The maximum Gasteiger partial charge on any atom is 0.255 e. The molecule has 3 nitrogen and oxygen atoms in total. The molecule has 2 rings (SSSR count). The van der Waals surface area contributed by atoms with E-state index in [0.717, 1.165) is 6.42 Å². The number of carbonyl (C=O) groups is 1. The van der Waals surface area contributed by atoms with Crippen LogP contribution in [0.2, 0.25) is 0 Å². The van der Waals surface area contributed by atoms with Crippen LogP contribution >= 0.6 is 0 Å². The number of nitrogens with one attached hydrogen (secondary N) is 1. The molecule has 0 aliphatic heterocycles. The monoisotopic (exact) mass is 254 g/mol. The molecule has 1 aromatic carbocycles. The van der Waals surface area contributed by atoms with Crippen LogP contribution in [0.15, 0.2) is 48.8 Å². The molecule has 3 heteroatoms. The fraction of sp³-hybridized carbons (Fsp3) is 0.250. The minimum atomic E-state index is -0.102. The molecule has 0 radical (unpaired) electrons. The molecule has 19 heavy (non-hydrogen) atoms. The van der Waals surface area contributed by atoms with Crippen LogP contribution in [-0.4, -0.2) is 10.9 Å². The summed E-state index contributed by atoms with van der Waals surface area (Å²) in [4.78, 5) is 16.0. The quantitative estimate of drug-likeness (QED) is 0.884. The number of aryl methyl sites for hydroxylation is 1. The van der Waals surface area contributed by atoms with E-state index < -0.39 is 0 Å². The zero-order valence-electron chi connectivity index (χ0n) is 11.1. The van der Waals surface area contributed by atoms with Crippen molar-refractivity contribution in [1.29, 1.82) is 0 Å². The third kappa shape index (κ3) is 3.91. The fourth-order valence-corrected chi connectivity index (χ4v) is 1.84. The van der Waals surface area contributed by atoms with E-state index in [1.54, 1.807) is 18.5 Å². The van der Waals surface area contributed by atoms with Crippen LogP contribution in [0.4, 0.5) is 5.69 Å². The summed E-state index contributed by atoms with van der Waals surface area (Å²) in [5, 5.41) is 2.82. The summed E-state index contributed by atoms with van der Waals surface area (Å²) in [6.45, 7) is 2.18. The van der Waals surface area contributed by atoms with Gasteiger partial charge in [0, 0.05) is 11.8 Å². The molecule has 0 bridgehead atoms. The van der Waals surface area contributed by atoms with E-state index in [0.29, 0.717) is 11.3 Å². The van der Waals surface area contributed by atoms with Gasteiger partial charge in [-0.1, -0.05) is 25.5 Å². The number of anilines is 1. The molecule has 2 aromatic rings. The Hall–Kier alpha value is -2.16. The maximum atomic E-state index is 12.0.